The highest BCUT2D eigenvalue weighted by atomic mass is 16.5. The van der Waals surface area contributed by atoms with Gasteiger partial charge in [0, 0.05) is 19.2 Å². The Bertz CT molecular complexity index is 789. The molecule has 0 saturated carbocycles. The van der Waals surface area contributed by atoms with Crippen molar-refractivity contribution in [1.82, 2.24) is 9.55 Å². The van der Waals surface area contributed by atoms with Crippen molar-refractivity contribution < 1.29 is 4.74 Å². The van der Waals surface area contributed by atoms with E-state index in [2.05, 4.69) is 58.2 Å². The number of benzene rings is 2. The number of hydrogen-bond acceptors (Lipinski definition) is 3. The molecule has 0 spiro atoms. The van der Waals surface area contributed by atoms with Gasteiger partial charge in [-0.15, -0.1) is 0 Å². The van der Waals surface area contributed by atoms with Crippen LogP contribution in [0.1, 0.15) is 18.1 Å². The van der Waals surface area contributed by atoms with Crippen LogP contribution in [0.4, 0.5) is 5.95 Å². The minimum atomic E-state index is 0.679. The number of aromatic nitrogens is 2. The highest BCUT2D eigenvalue weighted by Crippen LogP contribution is 2.24. The molecule has 0 atom stereocenters. The maximum Gasteiger partial charge on any atom is 0.203 e. The van der Waals surface area contributed by atoms with Gasteiger partial charge in [-0.3, -0.25) is 0 Å². The van der Waals surface area contributed by atoms with E-state index < -0.39 is 0 Å². The molecule has 4 heteroatoms. The van der Waals surface area contributed by atoms with E-state index in [0.717, 1.165) is 29.5 Å². The second-order valence-electron chi connectivity index (χ2n) is 5.82. The monoisotopic (exact) mass is 321 g/mol. The summed E-state index contributed by atoms with van der Waals surface area (Å²) in [7, 11) is 2.02. The predicted molar refractivity (Wildman–Crippen MR) is 98.3 cm³/mol. The fraction of sp³-hybridized carbons (Fsp3) is 0.250. The lowest BCUT2D eigenvalue weighted by Gasteiger charge is -2.09. The van der Waals surface area contributed by atoms with Gasteiger partial charge in [-0.2, -0.15) is 0 Å². The Morgan fingerprint density at radius 3 is 2.42 bits per heavy atom. The minimum absolute atomic E-state index is 0.679. The van der Waals surface area contributed by atoms with E-state index in [4.69, 9.17) is 4.74 Å². The van der Waals surface area contributed by atoms with Gasteiger partial charge < -0.3 is 14.6 Å². The minimum Gasteiger partial charge on any atom is -0.494 e. The zero-order valence-corrected chi connectivity index (χ0v) is 14.4. The molecule has 4 nitrogen and oxygen atoms in total. The van der Waals surface area contributed by atoms with Crippen molar-refractivity contribution in [2.75, 3.05) is 11.9 Å². The summed E-state index contributed by atoms with van der Waals surface area (Å²) in [5.74, 6) is 1.75. The van der Waals surface area contributed by atoms with Crippen molar-refractivity contribution in [2.24, 2.45) is 7.05 Å². The molecule has 0 aliphatic carbocycles. The molecular formula is C20H23N3O. The van der Waals surface area contributed by atoms with Gasteiger partial charge in [0.2, 0.25) is 5.95 Å². The van der Waals surface area contributed by atoms with Crippen LogP contribution < -0.4 is 10.1 Å². The van der Waals surface area contributed by atoms with Crippen molar-refractivity contribution in [2.45, 2.75) is 20.4 Å². The number of hydrogen-bond donors (Lipinski definition) is 1. The summed E-state index contributed by atoms with van der Waals surface area (Å²) in [5.41, 5.74) is 4.71. The number of imidazole rings is 1. The fourth-order valence-corrected chi connectivity index (χ4v) is 2.62. The Morgan fingerprint density at radius 2 is 1.75 bits per heavy atom. The van der Waals surface area contributed by atoms with E-state index in [1.807, 2.05) is 32.3 Å². The average Bonchev–Trinajstić information content (AvgIpc) is 2.96. The van der Waals surface area contributed by atoms with Crippen molar-refractivity contribution in [1.29, 1.82) is 0 Å². The number of nitrogens with one attached hydrogen (secondary N) is 1. The Kier molecular flexibility index (Phi) is 4.85. The highest BCUT2D eigenvalue weighted by molar-refractivity contribution is 5.62. The Labute approximate surface area is 143 Å². The van der Waals surface area contributed by atoms with Crippen molar-refractivity contribution in [3.63, 3.8) is 0 Å². The van der Waals surface area contributed by atoms with Crippen LogP contribution in [0.25, 0.3) is 11.3 Å². The number of ether oxygens (including phenoxy) is 1. The van der Waals surface area contributed by atoms with Crippen molar-refractivity contribution in [3.8, 4) is 17.0 Å². The maximum absolute atomic E-state index is 5.49. The van der Waals surface area contributed by atoms with Crippen molar-refractivity contribution in [3.05, 3.63) is 65.9 Å². The molecule has 0 aliphatic heterocycles. The quantitative estimate of drug-likeness (QED) is 0.731. The zero-order chi connectivity index (χ0) is 16.9. The first kappa shape index (κ1) is 16.1. The van der Waals surface area contributed by atoms with Crippen LogP contribution in [0.15, 0.2) is 54.7 Å². The molecule has 0 radical (unpaired) electrons. The predicted octanol–water partition coefficient (Wildman–Crippen LogP) is 4.41. The van der Waals surface area contributed by atoms with Crippen LogP contribution in [0.2, 0.25) is 0 Å². The lowest BCUT2D eigenvalue weighted by Crippen LogP contribution is -2.05. The molecular weight excluding hydrogens is 298 g/mol. The normalized spacial score (nSPS) is 10.6. The van der Waals surface area contributed by atoms with Crippen LogP contribution in [0, 0.1) is 6.92 Å². The van der Waals surface area contributed by atoms with Gasteiger partial charge >= 0.3 is 0 Å². The Hall–Kier alpha value is -2.75. The SMILES string of the molecule is CCOc1ccc(-c2cnc(NCc3ccc(C)cc3)n2C)cc1. The average molecular weight is 321 g/mol. The highest BCUT2D eigenvalue weighted by Gasteiger charge is 2.08. The standard InChI is InChI=1S/C20H23N3O/c1-4-24-18-11-9-17(10-12-18)19-14-22-20(23(19)3)21-13-16-7-5-15(2)6-8-16/h5-12,14H,4,13H2,1-3H3,(H,21,22). The Balaban J connectivity index is 1.72. The van der Waals surface area contributed by atoms with E-state index in [1.54, 1.807) is 0 Å². The van der Waals surface area contributed by atoms with Gasteiger partial charge in [0.15, 0.2) is 0 Å². The third-order valence-corrected chi connectivity index (χ3v) is 4.02. The van der Waals surface area contributed by atoms with Gasteiger partial charge in [-0.1, -0.05) is 29.8 Å². The second-order valence-corrected chi connectivity index (χ2v) is 5.82. The Morgan fingerprint density at radius 1 is 1.04 bits per heavy atom. The van der Waals surface area contributed by atoms with Crippen LogP contribution in [0.3, 0.4) is 0 Å². The first-order valence-corrected chi connectivity index (χ1v) is 8.21. The number of nitrogens with zero attached hydrogens (tertiary/aromatic N) is 2. The summed E-state index contributed by atoms with van der Waals surface area (Å²) < 4.78 is 7.57. The van der Waals surface area contributed by atoms with Gasteiger partial charge in [0.1, 0.15) is 5.75 Å². The zero-order valence-electron chi connectivity index (χ0n) is 14.4. The van der Waals surface area contributed by atoms with Crippen LogP contribution in [-0.2, 0) is 13.6 Å². The smallest absolute Gasteiger partial charge is 0.203 e. The molecule has 0 bridgehead atoms. The molecule has 0 amide bonds. The van der Waals surface area contributed by atoms with Gasteiger partial charge in [-0.25, -0.2) is 4.98 Å². The molecule has 24 heavy (non-hydrogen) atoms. The summed E-state index contributed by atoms with van der Waals surface area (Å²) in [6.07, 6.45) is 1.90. The maximum atomic E-state index is 5.49. The lowest BCUT2D eigenvalue weighted by atomic mass is 10.1. The van der Waals surface area contributed by atoms with Gasteiger partial charge in [-0.05, 0) is 43.7 Å². The molecule has 124 valence electrons. The molecule has 1 heterocycles. The molecule has 3 aromatic rings. The molecule has 0 aliphatic rings. The third kappa shape index (κ3) is 3.59. The van der Waals surface area contributed by atoms with E-state index >= 15 is 0 Å². The molecule has 1 N–H and O–H groups in total. The van der Waals surface area contributed by atoms with E-state index in [-0.39, 0.29) is 0 Å². The van der Waals surface area contributed by atoms with Gasteiger partial charge in [0.05, 0.1) is 18.5 Å². The number of anilines is 1. The van der Waals surface area contributed by atoms with E-state index in [1.165, 1.54) is 11.1 Å². The number of rotatable bonds is 6. The first-order valence-electron chi connectivity index (χ1n) is 8.21. The first-order chi connectivity index (χ1) is 11.7. The fourth-order valence-electron chi connectivity index (χ4n) is 2.62. The van der Waals surface area contributed by atoms with Crippen LogP contribution >= 0.6 is 0 Å². The molecule has 0 fully saturated rings. The number of aryl methyl sites for hydroxylation is 1. The molecule has 3 rings (SSSR count). The van der Waals surface area contributed by atoms with Crippen molar-refractivity contribution >= 4 is 5.95 Å². The van der Waals surface area contributed by atoms with Crippen LogP contribution in [0.5, 0.6) is 5.75 Å². The summed E-state index contributed by atoms with van der Waals surface area (Å²) in [4.78, 5) is 4.50. The topological polar surface area (TPSA) is 39.1 Å². The summed E-state index contributed by atoms with van der Waals surface area (Å²) >= 11 is 0. The van der Waals surface area contributed by atoms with E-state index in [9.17, 15) is 0 Å². The van der Waals surface area contributed by atoms with Crippen LogP contribution in [-0.4, -0.2) is 16.2 Å². The lowest BCUT2D eigenvalue weighted by molar-refractivity contribution is 0.340. The summed E-state index contributed by atoms with van der Waals surface area (Å²) in [6.45, 7) is 5.52. The second kappa shape index (κ2) is 7.21. The largest absolute Gasteiger partial charge is 0.494 e. The third-order valence-electron chi connectivity index (χ3n) is 4.02. The molecule has 0 unspecified atom stereocenters. The summed E-state index contributed by atoms with van der Waals surface area (Å²) in [5, 5.41) is 3.40. The van der Waals surface area contributed by atoms with E-state index in [0.29, 0.717) is 6.61 Å². The molecule has 0 saturated heterocycles. The molecule has 2 aromatic carbocycles. The molecule has 1 aromatic heterocycles. The van der Waals surface area contributed by atoms with Gasteiger partial charge in [0.25, 0.3) is 0 Å². The summed E-state index contributed by atoms with van der Waals surface area (Å²) in [6, 6.07) is 16.6.